The Kier molecular flexibility index (Phi) is 46.2. The average Bonchev–Trinajstić information content (AvgIpc) is 3.44. The van der Waals surface area contributed by atoms with Gasteiger partial charge in [0.2, 0.25) is 0 Å². The Labute approximate surface area is 454 Å². The molecule has 77 heavy (non-hydrogen) atoms. The zero-order chi connectivity index (χ0) is 55.0. The fourth-order valence-corrected chi connectivity index (χ4v) is 2.29. The summed E-state index contributed by atoms with van der Waals surface area (Å²) in [6.07, 6.45) is 6.58. The van der Waals surface area contributed by atoms with Crippen LogP contribution in [0.3, 0.4) is 0 Å². The molecule has 0 radical (unpaired) electrons. The van der Waals surface area contributed by atoms with E-state index in [1.807, 2.05) is 5.92 Å². The van der Waals surface area contributed by atoms with Gasteiger partial charge in [0.15, 0.2) is 0 Å². The van der Waals surface area contributed by atoms with Crippen LogP contribution in [0.25, 0.3) is 0 Å². The van der Waals surface area contributed by atoms with Crippen LogP contribution < -0.4 is 0 Å². The fourth-order valence-electron chi connectivity index (χ4n) is 2.29. The summed E-state index contributed by atoms with van der Waals surface area (Å²) in [4.78, 5) is 0. The van der Waals surface area contributed by atoms with Crippen molar-refractivity contribution in [3.05, 3.63) is 13.3 Å². The molecule has 0 nitrogen and oxygen atoms in total. The van der Waals surface area contributed by atoms with Crippen LogP contribution in [0, 0.1) is 457 Å². The Bertz CT molecular complexity index is 5160. The molecule has 0 aliphatic carbocycles. The lowest BCUT2D eigenvalue weighted by Crippen LogP contribution is -1.57. The molecule has 0 saturated carbocycles. The van der Waals surface area contributed by atoms with Crippen molar-refractivity contribution in [2.75, 3.05) is 0 Å². The number of hydrogen-bond donors (Lipinski definition) is 0. The maximum Gasteiger partial charge on any atom is 0 e. The normalized spacial score (nSPS) is 3.94. The van der Waals surface area contributed by atoms with Crippen molar-refractivity contribution in [2.45, 2.75) is 0 Å². The summed E-state index contributed by atoms with van der Waals surface area (Å²) >= 11 is 0. The van der Waals surface area contributed by atoms with Crippen LogP contribution in [-0.4, -0.2) is 0 Å². The van der Waals surface area contributed by atoms with Gasteiger partial charge in [0.05, 0.1) is 0 Å². The highest BCUT2D eigenvalue weighted by Gasteiger charge is 1.64. The van der Waals surface area contributed by atoms with Crippen LogP contribution in [0.5, 0.6) is 0 Å². The van der Waals surface area contributed by atoms with Gasteiger partial charge in [0.25, 0.3) is 0 Å². The summed E-state index contributed by atoms with van der Waals surface area (Å²) in [6, 6.07) is 0. The molecule has 0 saturated heterocycles. The third-order valence-corrected chi connectivity index (χ3v) is 4.65. The highest BCUT2D eigenvalue weighted by molar-refractivity contribution is 5.53. The van der Waals surface area contributed by atoms with Gasteiger partial charge in [0.1, 0.15) is 0 Å². The minimum atomic E-state index is 1.87. The molecule has 0 N–H and O–H groups in total. The third kappa shape index (κ3) is 59.1. The lowest BCUT2D eigenvalue weighted by molar-refractivity contribution is 2.31. The van der Waals surface area contributed by atoms with Crippen LogP contribution >= 0.6 is 0 Å². The molecule has 0 aliphatic rings. The van der Waals surface area contributed by atoms with Gasteiger partial charge in [0, 0.05) is 314 Å². The van der Waals surface area contributed by atoms with Gasteiger partial charge in [-0.15, -0.1) is 11.8 Å². The van der Waals surface area contributed by atoms with E-state index in [4.69, 9.17) is 6.42 Å². The molecule has 0 aromatic heterocycles. The molecule has 312 valence electrons. The van der Waals surface area contributed by atoms with Gasteiger partial charge in [-0.25, -0.2) is 11.8 Å². The molecule has 0 fully saturated rings. The Morgan fingerprint density at radius 3 is 0.234 bits per heavy atom. The largest absolute Gasteiger partial charge is 0.358 e. The van der Waals surface area contributed by atoms with Gasteiger partial charge in [-0.3, -0.25) is 11.8 Å². The first kappa shape index (κ1) is 60.1. The van der Waals surface area contributed by atoms with Crippen molar-refractivity contribution in [1.82, 2.24) is 0 Å². The topological polar surface area (TPSA) is 0 Å². The summed E-state index contributed by atoms with van der Waals surface area (Å²) in [6.45, 7) is 3.32. The Morgan fingerprint density at radius 1 is 0.104 bits per heavy atom. The molecule has 0 bridgehead atoms. The highest BCUT2D eigenvalue weighted by atomic mass is 13.7. The molecule has 0 rings (SSSR count). The van der Waals surface area contributed by atoms with Gasteiger partial charge in [-0.2, -0.15) is 6.92 Å². The summed E-state index contributed by atoms with van der Waals surface area (Å²) in [7, 11) is 0. The van der Waals surface area contributed by atoms with Crippen molar-refractivity contribution in [3.63, 3.8) is 0 Å². The van der Waals surface area contributed by atoms with Crippen molar-refractivity contribution < 1.29 is 0 Å². The molecule has 0 atom stereocenters. The van der Waals surface area contributed by atoms with E-state index in [1.165, 1.54) is 0 Å². The van der Waals surface area contributed by atoms with Gasteiger partial charge in [-0.1, -0.05) is 0 Å². The van der Waals surface area contributed by atoms with Crippen LogP contribution in [0.1, 0.15) is 0 Å². The van der Waals surface area contributed by atoms with Crippen LogP contribution in [0.2, 0.25) is 0 Å². The lowest BCUT2D eigenvalue weighted by atomic mass is 10.4. The standard InChI is InChI=1S/C77H2/c1-3-5-7-9-11-13-15-17-19-21-23-25-27-29-31-33-35-37-39-41-43-45-47-49-51-53-55-57-59-61-63-65-67-69-71-73-75-77-76-74-72-70-68-66-64-62-60-58-56-54-52-50-48-46-44-42-40-38-36-34-32-30-28-26-24-22-20-18-16-14-12-10-8-6-4-2/h1H2/q-2. The monoisotopic (exact) mass is 926 g/mol. The van der Waals surface area contributed by atoms with Crippen molar-refractivity contribution >= 4 is 0 Å². The molecular formula is C77H2-2. The molecule has 0 aromatic carbocycles. The Hall–Kier alpha value is -16.9. The summed E-state index contributed by atoms with van der Waals surface area (Å²) < 4.78 is 0. The van der Waals surface area contributed by atoms with E-state index in [2.05, 4.69) is 445 Å². The van der Waals surface area contributed by atoms with E-state index in [9.17, 15) is 0 Å². The molecule has 0 heterocycles. The predicted octanol–water partition coefficient (Wildman–Crippen LogP) is 0.536. The minimum absolute atomic E-state index is 1.87. The van der Waals surface area contributed by atoms with Crippen molar-refractivity contribution in [2.24, 2.45) is 0 Å². The molecule has 0 heteroatoms. The maximum atomic E-state index is 6.58. The van der Waals surface area contributed by atoms with Crippen LogP contribution in [-0.2, 0) is 0 Å². The van der Waals surface area contributed by atoms with Crippen molar-refractivity contribution in [3.8, 4) is 444 Å². The Balaban J connectivity index is 4.61. The smallest absolute Gasteiger partial charge is 0 e. The fraction of sp³-hybridized carbons (Fsp3) is 0. The predicted molar refractivity (Wildman–Crippen MR) is 300 cm³/mol. The van der Waals surface area contributed by atoms with Gasteiger partial charge >= 0.3 is 0 Å². The van der Waals surface area contributed by atoms with Crippen LogP contribution in [0.4, 0.5) is 0 Å². The van der Waals surface area contributed by atoms with Crippen molar-refractivity contribution in [1.29, 1.82) is 0 Å². The summed E-state index contributed by atoms with van der Waals surface area (Å²) in [5.41, 5.74) is 0. The molecule has 0 aliphatic heterocycles. The Morgan fingerprint density at radius 2 is 0.169 bits per heavy atom. The average molecular weight is 927 g/mol. The van der Waals surface area contributed by atoms with E-state index in [1.54, 1.807) is 0 Å². The zero-order valence-corrected chi connectivity index (χ0v) is 38.7. The van der Waals surface area contributed by atoms with Gasteiger partial charge in [-0.05, 0) is 94.7 Å². The highest BCUT2D eigenvalue weighted by Crippen LogP contribution is 1.65. The molecule has 0 unspecified atom stereocenters. The van der Waals surface area contributed by atoms with E-state index in [0.29, 0.717) is 0 Å². The van der Waals surface area contributed by atoms with E-state index in [0.717, 1.165) is 0 Å². The maximum absolute atomic E-state index is 6.58. The first-order valence-electron chi connectivity index (χ1n) is 19.1. The first-order valence-corrected chi connectivity index (χ1v) is 19.1. The van der Waals surface area contributed by atoms with Gasteiger partial charge < -0.3 is 6.42 Å². The quantitative estimate of drug-likeness (QED) is 0.246. The zero-order valence-electron chi connectivity index (χ0n) is 38.7. The van der Waals surface area contributed by atoms with E-state index >= 15 is 0 Å². The molecule has 0 spiro atoms. The summed E-state index contributed by atoms with van der Waals surface area (Å²) in [5, 5.41) is 0. The second-order valence-electron chi connectivity index (χ2n) is 9.43. The minimum Gasteiger partial charge on any atom is -0.358 e. The molecule has 0 aromatic rings. The second kappa shape index (κ2) is 59.1. The lowest BCUT2D eigenvalue weighted by Gasteiger charge is -1.64. The van der Waals surface area contributed by atoms with E-state index in [-0.39, 0.29) is 0 Å². The molecular weight excluding hydrogens is 925 g/mol. The van der Waals surface area contributed by atoms with E-state index < -0.39 is 0 Å². The first-order chi connectivity index (χ1) is 38.4. The number of hydrogen-bond acceptors (Lipinski definition) is 0. The number of rotatable bonds is 0. The SMILES string of the molecule is [C-]#CC#CC#CC#CC#CC#CC#CC#CC#CC#CC#CC#CC#CC#CC#CC#CC#CC#CC#CC#CC#CC#CC#CC#CC#CC#CC#CC#CC#CC#CC#CC#CC#CC#CC#CC#CC#CC#C[CH2-]. The molecule has 0 amide bonds. The second-order valence-corrected chi connectivity index (χ2v) is 9.43. The van der Waals surface area contributed by atoms with Crippen LogP contribution in [0.15, 0.2) is 0 Å². The third-order valence-electron chi connectivity index (χ3n) is 4.65. The summed E-state index contributed by atoms with van der Waals surface area (Å²) in [5.74, 6) is 186.